The van der Waals surface area contributed by atoms with E-state index in [-0.39, 0.29) is 4.90 Å². The van der Waals surface area contributed by atoms with Gasteiger partial charge in [0.25, 0.3) is 10.0 Å². The highest BCUT2D eigenvalue weighted by Crippen LogP contribution is 2.18. The number of aliphatic imine (C=N–C) groups is 1. The monoisotopic (exact) mass is 349 g/mol. The van der Waals surface area contributed by atoms with E-state index in [0.29, 0.717) is 24.1 Å². The van der Waals surface area contributed by atoms with Crippen molar-refractivity contribution < 1.29 is 8.42 Å². The summed E-state index contributed by atoms with van der Waals surface area (Å²) in [7, 11) is -3.70. The number of halogens is 1. The molecule has 0 bridgehead atoms. The van der Waals surface area contributed by atoms with Gasteiger partial charge in [-0.3, -0.25) is 4.99 Å². The lowest BCUT2D eigenvalue weighted by Crippen LogP contribution is -2.47. The molecule has 0 radical (unpaired) electrons. The highest BCUT2D eigenvalue weighted by molar-refractivity contribution is 7.90. The van der Waals surface area contributed by atoms with Crippen LogP contribution < -0.4 is 9.62 Å². The SMILES string of the molecule is O=S(=O)(NC1=NCCCN1c1ccccc1)c1ccc(Cl)cc1. The molecule has 5 nitrogen and oxygen atoms in total. The average Bonchev–Trinajstić information content (AvgIpc) is 2.56. The third-order valence-electron chi connectivity index (χ3n) is 3.47. The Morgan fingerprint density at radius 2 is 1.74 bits per heavy atom. The summed E-state index contributed by atoms with van der Waals surface area (Å²) in [6.07, 6.45) is 0.876. The Labute approximate surface area is 140 Å². The number of hydrogen-bond donors (Lipinski definition) is 1. The van der Waals surface area contributed by atoms with Crippen LogP contribution in [0.4, 0.5) is 5.69 Å². The van der Waals surface area contributed by atoms with E-state index >= 15 is 0 Å². The van der Waals surface area contributed by atoms with Gasteiger partial charge in [-0.25, -0.2) is 13.1 Å². The van der Waals surface area contributed by atoms with Crippen molar-refractivity contribution >= 4 is 33.3 Å². The zero-order valence-corrected chi connectivity index (χ0v) is 13.9. The zero-order valence-electron chi connectivity index (χ0n) is 12.3. The molecule has 0 amide bonds. The molecule has 1 aliphatic heterocycles. The van der Waals surface area contributed by atoms with Gasteiger partial charge < -0.3 is 4.90 Å². The van der Waals surface area contributed by atoms with Gasteiger partial charge in [-0.15, -0.1) is 0 Å². The maximum Gasteiger partial charge on any atom is 0.264 e. The second-order valence-electron chi connectivity index (χ2n) is 5.11. The lowest BCUT2D eigenvalue weighted by Gasteiger charge is -2.29. The van der Waals surface area contributed by atoms with Crippen LogP contribution in [0.3, 0.4) is 0 Å². The predicted octanol–water partition coefficient (Wildman–Crippen LogP) is 2.88. The summed E-state index contributed by atoms with van der Waals surface area (Å²) in [6, 6.07) is 15.6. The number of sulfonamides is 1. The Morgan fingerprint density at radius 3 is 2.43 bits per heavy atom. The minimum Gasteiger partial charge on any atom is -0.312 e. The van der Waals surface area contributed by atoms with E-state index in [1.165, 1.54) is 12.1 Å². The van der Waals surface area contributed by atoms with Crippen molar-refractivity contribution in [3.8, 4) is 0 Å². The third-order valence-corrected chi connectivity index (χ3v) is 5.07. The van der Waals surface area contributed by atoms with Crippen LogP contribution in [-0.2, 0) is 10.0 Å². The number of benzene rings is 2. The van der Waals surface area contributed by atoms with Crippen LogP contribution in [0, 0.1) is 0 Å². The second kappa shape index (κ2) is 6.60. The molecule has 3 rings (SSSR count). The number of anilines is 1. The van der Waals surface area contributed by atoms with Crippen LogP contribution in [0.25, 0.3) is 0 Å². The van der Waals surface area contributed by atoms with Gasteiger partial charge in [-0.05, 0) is 42.8 Å². The molecule has 2 aromatic rings. The molecule has 1 aliphatic rings. The second-order valence-corrected chi connectivity index (χ2v) is 7.22. The smallest absolute Gasteiger partial charge is 0.264 e. The lowest BCUT2D eigenvalue weighted by atomic mass is 10.2. The summed E-state index contributed by atoms with van der Waals surface area (Å²) in [5.74, 6) is 0.345. The summed E-state index contributed by atoms with van der Waals surface area (Å²) in [6.45, 7) is 1.31. The van der Waals surface area contributed by atoms with Crippen molar-refractivity contribution in [3.63, 3.8) is 0 Å². The fraction of sp³-hybridized carbons (Fsp3) is 0.188. The van der Waals surface area contributed by atoms with Crippen molar-refractivity contribution in [3.05, 3.63) is 59.6 Å². The van der Waals surface area contributed by atoms with E-state index in [9.17, 15) is 8.42 Å². The first-order valence-corrected chi connectivity index (χ1v) is 9.08. The van der Waals surface area contributed by atoms with E-state index in [4.69, 9.17) is 11.6 Å². The highest BCUT2D eigenvalue weighted by atomic mass is 35.5. The number of para-hydroxylation sites is 1. The lowest BCUT2D eigenvalue weighted by molar-refractivity contribution is 0.591. The van der Waals surface area contributed by atoms with E-state index in [1.807, 2.05) is 35.2 Å². The van der Waals surface area contributed by atoms with Crippen LogP contribution >= 0.6 is 11.6 Å². The predicted molar refractivity (Wildman–Crippen MR) is 92.5 cm³/mol. The Kier molecular flexibility index (Phi) is 4.54. The fourth-order valence-electron chi connectivity index (χ4n) is 2.34. The summed E-state index contributed by atoms with van der Waals surface area (Å²) in [5, 5.41) is 0.491. The molecule has 1 N–H and O–H groups in total. The third kappa shape index (κ3) is 3.65. The Bertz CT molecular complexity index is 805. The average molecular weight is 350 g/mol. The molecule has 0 saturated carbocycles. The molecule has 0 unspecified atom stereocenters. The topological polar surface area (TPSA) is 61.8 Å². The van der Waals surface area contributed by atoms with Crippen molar-refractivity contribution in [2.24, 2.45) is 4.99 Å². The normalized spacial score (nSPS) is 15.2. The molecule has 0 aromatic heterocycles. The summed E-state index contributed by atoms with van der Waals surface area (Å²) < 4.78 is 27.6. The van der Waals surface area contributed by atoms with Gasteiger partial charge in [0.05, 0.1) is 4.90 Å². The van der Waals surface area contributed by atoms with Crippen molar-refractivity contribution in [1.29, 1.82) is 0 Å². The maximum absolute atomic E-state index is 12.5. The molecule has 0 atom stereocenters. The van der Waals surface area contributed by atoms with Gasteiger partial charge in [0.2, 0.25) is 5.96 Å². The molecule has 120 valence electrons. The molecule has 0 aliphatic carbocycles. The standard InChI is InChI=1S/C16H16ClN3O2S/c17-13-7-9-15(10-8-13)23(21,22)19-16-18-11-4-12-20(16)14-5-2-1-3-6-14/h1-3,5-10H,4,11-12H2,(H,18,19). The molecular formula is C16H16ClN3O2S. The van der Waals surface area contributed by atoms with Gasteiger partial charge in [0.15, 0.2) is 0 Å². The van der Waals surface area contributed by atoms with E-state index < -0.39 is 10.0 Å². The van der Waals surface area contributed by atoms with Crippen LogP contribution in [0.15, 0.2) is 64.5 Å². The number of rotatable bonds is 3. The maximum atomic E-state index is 12.5. The number of guanidine groups is 1. The molecule has 1 heterocycles. The molecule has 2 aromatic carbocycles. The highest BCUT2D eigenvalue weighted by Gasteiger charge is 2.23. The van der Waals surface area contributed by atoms with Crippen LogP contribution in [0.1, 0.15) is 6.42 Å². The van der Waals surface area contributed by atoms with E-state index in [0.717, 1.165) is 12.1 Å². The first-order valence-electron chi connectivity index (χ1n) is 7.22. The minimum absolute atomic E-state index is 0.156. The zero-order chi connectivity index (χ0) is 16.3. The number of nitrogens with zero attached hydrogens (tertiary/aromatic N) is 2. The Morgan fingerprint density at radius 1 is 1.04 bits per heavy atom. The molecule has 0 fully saturated rings. The number of nitrogens with one attached hydrogen (secondary N) is 1. The Hall–Kier alpha value is -2.05. The van der Waals surface area contributed by atoms with Gasteiger partial charge in [-0.1, -0.05) is 29.8 Å². The van der Waals surface area contributed by atoms with Crippen molar-refractivity contribution in [1.82, 2.24) is 4.72 Å². The molecule has 23 heavy (non-hydrogen) atoms. The quantitative estimate of drug-likeness (QED) is 0.926. The molecule has 7 heteroatoms. The minimum atomic E-state index is -3.70. The Balaban J connectivity index is 1.87. The fourth-order valence-corrected chi connectivity index (χ4v) is 3.50. The van der Waals surface area contributed by atoms with Gasteiger partial charge in [0.1, 0.15) is 0 Å². The number of hydrogen-bond acceptors (Lipinski definition) is 4. The molecule has 0 saturated heterocycles. The molecular weight excluding hydrogens is 334 g/mol. The van der Waals surface area contributed by atoms with Crippen molar-refractivity contribution in [2.45, 2.75) is 11.3 Å². The first kappa shape index (κ1) is 15.8. The summed E-state index contributed by atoms with van der Waals surface area (Å²) in [5.41, 5.74) is 0.907. The van der Waals surface area contributed by atoms with Gasteiger partial charge in [0, 0.05) is 23.8 Å². The van der Waals surface area contributed by atoms with Crippen LogP contribution in [0.2, 0.25) is 5.02 Å². The summed E-state index contributed by atoms with van der Waals surface area (Å²) >= 11 is 5.81. The van der Waals surface area contributed by atoms with E-state index in [1.54, 1.807) is 12.1 Å². The summed E-state index contributed by atoms with van der Waals surface area (Å²) in [4.78, 5) is 6.37. The van der Waals surface area contributed by atoms with E-state index in [2.05, 4.69) is 9.71 Å². The van der Waals surface area contributed by atoms with Crippen LogP contribution in [-0.4, -0.2) is 27.5 Å². The van der Waals surface area contributed by atoms with Gasteiger partial charge in [-0.2, -0.15) is 0 Å². The largest absolute Gasteiger partial charge is 0.312 e. The first-order chi connectivity index (χ1) is 11.1. The molecule has 0 spiro atoms. The van der Waals surface area contributed by atoms with Gasteiger partial charge >= 0.3 is 0 Å². The van der Waals surface area contributed by atoms with Crippen LogP contribution in [0.5, 0.6) is 0 Å². The van der Waals surface area contributed by atoms with Crippen molar-refractivity contribution in [2.75, 3.05) is 18.0 Å².